The number of carboxylic acid groups (broad SMARTS) is 1. The van der Waals surface area contributed by atoms with Crippen molar-refractivity contribution < 1.29 is 41.6 Å². The second-order valence-corrected chi connectivity index (χ2v) is 16.7. The van der Waals surface area contributed by atoms with Crippen LogP contribution in [0.1, 0.15) is 64.2 Å². The van der Waals surface area contributed by atoms with E-state index in [-0.39, 0.29) is 23.7 Å². The second kappa shape index (κ2) is 14.8. The molecule has 2 aliphatic rings. The average molecular weight is 760 g/mol. The van der Waals surface area contributed by atoms with Crippen LogP contribution in [0.4, 0.5) is 5.69 Å². The Labute approximate surface area is 296 Å². The van der Waals surface area contributed by atoms with Crippen molar-refractivity contribution in [3.05, 3.63) is 131 Å². The van der Waals surface area contributed by atoms with Crippen LogP contribution >= 0.6 is 0 Å². The third-order valence-corrected chi connectivity index (χ3v) is 13.8. The Hall–Kier alpha value is -3.66. The van der Waals surface area contributed by atoms with Crippen molar-refractivity contribution in [1.82, 2.24) is 4.90 Å². The molecule has 254 valence electrons. The van der Waals surface area contributed by atoms with Gasteiger partial charge in [-0.1, -0.05) is 24.3 Å². The number of allylic oxidation sites excluding steroid dienone is 9. The number of fused-ring (bicyclic) bond motifs is 3. The Morgan fingerprint density at radius 2 is 1.58 bits per heavy atom. The van der Waals surface area contributed by atoms with Crippen LogP contribution in [0.25, 0.3) is 16.3 Å². The van der Waals surface area contributed by atoms with E-state index in [1.807, 2.05) is 12.2 Å². The van der Waals surface area contributed by atoms with Crippen LogP contribution in [-0.2, 0) is 10.2 Å². The predicted molar refractivity (Wildman–Crippen MR) is 193 cm³/mol. The molecule has 0 aliphatic carbocycles. The zero-order valence-electron chi connectivity index (χ0n) is 28.8. The number of hydrogen-bond donors (Lipinski definition) is 3. The Morgan fingerprint density at radius 1 is 0.896 bits per heavy atom. The van der Waals surface area contributed by atoms with Gasteiger partial charge in [-0.05, 0) is 12.5 Å². The summed E-state index contributed by atoms with van der Waals surface area (Å²) in [6.07, 6.45) is 13.8. The molecule has 0 bridgehead atoms. The number of aliphatic carboxylic acids is 1. The molecule has 2 heterocycles. The van der Waals surface area contributed by atoms with Gasteiger partial charge in [0.2, 0.25) is 0 Å². The molecule has 1 unspecified atom stereocenters. The summed E-state index contributed by atoms with van der Waals surface area (Å²) in [6.45, 7) is 14.4. The fourth-order valence-corrected chi connectivity index (χ4v) is 10.5. The maximum absolute atomic E-state index is 11.5. The molecule has 0 radical (unpaired) electrons. The number of carbonyl (C=O) groups is 1. The third-order valence-electron chi connectivity index (χ3n) is 9.57. The molecule has 2 aliphatic heterocycles. The van der Waals surface area contributed by atoms with Gasteiger partial charge in [-0.25, -0.2) is 0 Å². The van der Waals surface area contributed by atoms with E-state index in [1.165, 1.54) is 38.7 Å². The summed E-state index contributed by atoms with van der Waals surface area (Å²) >= 11 is -0.500. The smallest absolute Gasteiger partial charge is 0.368 e. The number of benzene rings is 3. The Morgan fingerprint density at radius 3 is 2.31 bits per heavy atom. The van der Waals surface area contributed by atoms with Gasteiger partial charge in [0, 0.05) is 0 Å². The fraction of sp³-hybridized carbons (Fsp3) is 0.341. The Balaban J connectivity index is 1.37. The quantitative estimate of drug-likeness (QED) is 0.0829. The number of nitrogens with zero attached hydrogens (tertiary/aromatic N) is 2. The molecule has 3 N–H and O–H groups in total. The van der Waals surface area contributed by atoms with Gasteiger partial charge in [0.05, 0.1) is 0 Å². The molecule has 0 amide bonds. The second-order valence-electron chi connectivity index (χ2n) is 13.7. The van der Waals surface area contributed by atoms with Crippen molar-refractivity contribution in [1.29, 1.82) is 0 Å². The topological polar surface area (TPSA) is 84.2 Å². The van der Waals surface area contributed by atoms with Crippen LogP contribution in [0.5, 0.6) is 0 Å². The summed E-state index contributed by atoms with van der Waals surface area (Å²) in [7, 11) is 0. The molecule has 0 spiro atoms. The van der Waals surface area contributed by atoms with Gasteiger partial charge >= 0.3 is 244 Å². The number of aliphatic hydroxyl groups excluding tert-OH is 1. The molecule has 0 fully saturated rings. The van der Waals surface area contributed by atoms with Crippen molar-refractivity contribution in [2.45, 2.75) is 70.0 Å². The van der Waals surface area contributed by atoms with E-state index in [4.69, 9.17) is 0 Å². The molecule has 0 saturated heterocycles. The van der Waals surface area contributed by atoms with Gasteiger partial charge in [-0.3, -0.25) is 0 Å². The van der Waals surface area contributed by atoms with E-state index >= 15 is 0 Å². The van der Waals surface area contributed by atoms with E-state index in [1.54, 1.807) is 0 Å². The van der Waals surface area contributed by atoms with Crippen LogP contribution in [0.3, 0.4) is 0 Å². The molecule has 1 atom stereocenters. The van der Waals surface area contributed by atoms with Crippen LogP contribution in [-0.4, -0.2) is 49.5 Å². The summed E-state index contributed by atoms with van der Waals surface area (Å²) < 4.78 is 2.64. The maximum atomic E-state index is 11.5. The van der Waals surface area contributed by atoms with Gasteiger partial charge in [0.25, 0.3) is 0 Å². The molecular formula is C41H48IN2O4-. The molecule has 0 saturated carbocycles. The van der Waals surface area contributed by atoms with Crippen molar-refractivity contribution in [2.75, 3.05) is 16.2 Å². The molecule has 48 heavy (non-hydrogen) atoms. The van der Waals surface area contributed by atoms with E-state index in [2.05, 4.69) is 141 Å². The number of halogens is 1. The fourth-order valence-electron chi connectivity index (χ4n) is 7.17. The first-order valence-electron chi connectivity index (χ1n) is 16.6. The van der Waals surface area contributed by atoms with E-state index in [9.17, 15) is 20.1 Å². The predicted octanol–water partition coefficient (Wildman–Crippen LogP) is 5.12. The molecule has 3 aromatic carbocycles. The Kier molecular flexibility index (Phi) is 11.0. The van der Waals surface area contributed by atoms with Gasteiger partial charge in [0.1, 0.15) is 0 Å². The number of hydrogen-bond acceptors (Lipinski definition) is 5. The van der Waals surface area contributed by atoms with E-state index in [0.717, 1.165) is 11.4 Å². The number of anilines is 1. The number of rotatable bonds is 11. The van der Waals surface area contributed by atoms with Crippen LogP contribution < -0.4 is 24.6 Å². The minimum absolute atomic E-state index is 0.104. The average Bonchev–Trinajstić information content (AvgIpc) is 3.22. The third kappa shape index (κ3) is 7.33. The van der Waals surface area contributed by atoms with Crippen molar-refractivity contribution in [2.24, 2.45) is 5.41 Å². The summed E-state index contributed by atoms with van der Waals surface area (Å²) in [6, 6.07) is 21.3. The summed E-state index contributed by atoms with van der Waals surface area (Å²) in [5, 5.41) is 31.2. The molecule has 6 nitrogen and oxygen atoms in total. The molecule has 7 heteroatoms. The normalized spacial score (nSPS) is 20.2. The zero-order chi connectivity index (χ0) is 34.6. The number of alkyl halides is 1. The molecule has 3 aromatic rings. The summed E-state index contributed by atoms with van der Waals surface area (Å²) in [5.41, 5.74) is 8.07. The van der Waals surface area contributed by atoms with Crippen LogP contribution in [0.2, 0.25) is 0 Å². The first kappa shape index (κ1) is 35.6. The minimum Gasteiger partial charge on any atom is -0.368 e. The number of aryl methyl sites for hydroxylation is 1. The minimum atomic E-state index is -1.36. The van der Waals surface area contributed by atoms with Gasteiger partial charge in [0.15, 0.2) is 6.29 Å². The first-order chi connectivity index (χ1) is 22.8. The summed E-state index contributed by atoms with van der Waals surface area (Å²) in [4.78, 5) is 13.7. The zero-order valence-corrected chi connectivity index (χ0v) is 31.0. The van der Waals surface area contributed by atoms with Crippen molar-refractivity contribution >= 4 is 28.0 Å². The first-order valence-corrected chi connectivity index (χ1v) is 18.8. The SMILES string of the molecule is CC1=C(c2ccccc2C)C(C)(C)\C(=C/C=C/C=C/C=C/C2[I-]N(CCC(=O)O)c3ccc4ccccc4c3C2(C)C)N1CCC(O)O. The van der Waals surface area contributed by atoms with Crippen molar-refractivity contribution in [3.8, 4) is 0 Å². The van der Waals surface area contributed by atoms with Gasteiger partial charge < -0.3 is 10.2 Å². The molecular weight excluding hydrogens is 711 g/mol. The van der Waals surface area contributed by atoms with Crippen LogP contribution in [0.15, 0.2) is 115 Å². The number of aliphatic hydroxyl groups is 2. The van der Waals surface area contributed by atoms with E-state index < -0.39 is 33.7 Å². The van der Waals surface area contributed by atoms with Gasteiger partial charge in [-0.15, -0.1) is 0 Å². The van der Waals surface area contributed by atoms with Gasteiger partial charge in [-0.2, -0.15) is 0 Å². The van der Waals surface area contributed by atoms with E-state index in [0.29, 0.717) is 17.0 Å². The van der Waals surface area contributed by atoms with Crippen LogP contribution in [0, 0.1) is 12.3 Å². The number of carboxylic acids is 1. The standard InChI is InChI=1S/C41H48IN2O4/c1-28-16-12-14-18-31(28)38-29(2)43(26-24-36(45)46)35(41(38,5)6)21-11-9-7-8-10-20-34-40(3,4)39-32-19-15-13-17-30(32)22-23-33(39)44(42-34)27-25-37(47)48/h7-23,34,36,45-46H,24-27H2,1-6H3,(H,47,48)/q-1/b8-7+,11-9+,20-10+,35-21+. The summed E-state index contributed by atoms with van der Waals surface area (Å²) in [5.74, 6) is -0.768. The molecule has 5 rings (SSSR count). The Bertz CT molecular complexity index is 1810. The van der Waals surface area contributed by atoms with Crippen molar-refractivity contribution in [3.63, 3.8) is 0 Å². The monoisotopic (exact) mass is 759 g/mol. The molecule has 0 aromatic heterocycles.